The minimum atomic E-state index is -0.290. The van der Waals surface area contributed by atoms with Crippen LogP contribution >= 0.6 is 0 Å². The molecule has 2 saturated heterocycles. The fourth-order valence-electron chi connectivity index (χ4n) is 4.59. The van der Waals surface area contributed by atoms with Gasteiger partial charge in [0.1, 0.15) is 11.6 Å². The van der Waals surface area contributed by atoms with Gasteiger partial charge in [0.15, 0.2) is 0 Å². The first-order valence-electron chi connectivity index (χ1n) is 11.4. The molecule has 2 aromatic rings. The summed E-state index contributed by atoms with van der Waals surface area (Å²) in [6, 6.07) is 14.3. The van der Waals surface area contributed by atoms with E-state index in [9.17, 15) is 14.0 Å². The van der Waals surface area contributed by atoms with Crippen LogP contribution < -0.4 is 20.7 Å². The fraction of sp³-hybridized carbons (Fsp3) is 0.440. The first-order valence-corrected chi connectivity index (χ1v) is 11.4. The van der Waals surface area contributed by atoms with Gasteiger partial charge in [0.25, 0.3) is 0 Å². The maximum absolute atomic E-state index is 13.0. The fourth-order valence-corrected chi connectivity index (χ4v) is 4.59. The third kappa shape index (κ3) is 6.09. The molecular weight excluding hydrogens is 423 g/mol. The molecule has 0 saturated carbocycles. The number of hydrogen-bond donors (Lipinski definition) is 3. The molecule has 2 fully saturated rings. The molecular formula is C25H31FN4O3. The van der Waals surface area contributed by atoms with Crippen LogP contribution in [-0.2, 0) is 22.7 Å². The number of hydrogen-bond acceptors (Lipinski definition) is 5. The van der Waals surface area contributed by atoms with Crippen LogP contribution in [0, 0.1) is 5.82 Å². The Kier molecular flexibility index (Phi) is 7.57. The number of ether oxygens (including phenoxy) is 1. The first kappa shape index (κ1) is 23.2. The number of halogens is 1. The van der Waals surface area contributed by atoms with E-state index in [0.717, 1.165) is 30.8 Å². The summed E-state index contributed by atoms with van der Waals surface area (Å²) in [7, 11) is 1.65. The van der Waals surface area contributed by atoms with Gasteiger partial charge in [-0.25, -0.2) is 4.39 Å². The smallest absolute Gasteiger partial charge is 0.237 e. The second kappa shape index (κ2) is 10.8. The second-order valence-corrected chi connectivity index (χ2v) is 8.72. The molecule has 2 aromatic carbocycles. The Morgan fingerprint density at radius 1 is 1.12 bits per heavy atom. The standard InChI is InChI=1S/C25H31FN4O3/c1-33-22-9-4-18(5-10-22)13-27-20-12-23-25(32)29-15-21(30(23)16-20)8-11-24(31)28-14-17-2-6-19(26)7-3-17/h2-7,9-10,20-21,23,27H,8,11-16H2,1H3,(H,28,31)(H,29,32)/t20-,21-,23-/m1/s1. The zero-order valence-corrected chi connectivity index (χ0v) is 18.9. The van der Waals surface area contributed by atoms with Crippen molar-refractivity contribution in [2.75, 3.05) is 20.2 Å². The highest BCUT2D eigenvalue weighted by Crippen LogP contribution is 2.26. The molecule has 2 amide bonds. The summed E-state index contributed by atoms with van der Waals surface area (Å²) in [5.74, 6) is 0.571. The summed E-state index contributed by atoms with van der Waals surface area (Å²) in [4.78, 5) is 27.0. The summed E-state index contributed by atoms with van der Waals surface area (Å²) >= 11 is 0. The van der Waals surface area contributed by atoms with Crippen molar-refractivity contribution in [1.29, 1.82) is 0 Å². The molecule has 4 rings (SSSR count). The van der Waals surface area contributed by atoms with Crippen molar-refractivity contribution in [3.8, 4) is 5.75 Å². The molecule has 0 aliphatic carbocycles. The van der Waals surface area contributed by atoms with Gasteiger partial charge in [-0.3, -0.25) is 14.5 Å². The van der Waals surface area contributed by atoms with E-state index in [1.807, 2.05) is 24.3 Å². The Morgan fingerprint density at radius 2 is 1.82 bits per heavy atom. The van der Waals surface area contributed by atoms with Crippen LogP contribution in [-0.4, -0.2) is 55.0 Å². The zero-order valence-electron chi connectivity index (χ0n) is 18.9. The van der Waals surface area contributed by atoms with Crippen LogP contribution in [0.5, 0.6) is 5.75 Å². The molecule has 3 N–H and O–H groups in total. The van der Waals surface area contributed by atoms with Crippen LogP contribution in [0.1, 0.15) is 30.4 Å². The number of nitrogens with zero attached hydrogens (tertiary/aromatic N) is 1. The van der Waals surface area contributed by atoms with Gasteiger partial charge >= 0.3 is 0 Å². The number of carbonyl (C=O) groups excluding carboxylic acids is 2. The van der Waals surface area contributed by atoms with Gasteiger partial charge in [-0.05, 0) is 48.2 Å². The van der Waals surface area contributed by atoms with Crippen LogP contribution in [0.15, 0.2) is 48.5 Å². The van der Waals surface area contributed by atoms with Crippen molar-refractivity contribution < 1.29 is 18.7 Å². The number of benzene rings is 2. The van der Waals surface area contributed by atoms with Gasteiger partial charge in [0.05, 0.1) is 13.2 Å². The molecule has 2 aliphatic heterocycles. The van der Waals surface area contributed by atoms with Crippen molar-refractivity contribution in [1.82, 2.24) is 20.9 Å². The monoisotopic (exact) mass is 454 g/mol. The van der Waals surface area contributed by atoms with Gasteiger partial charge in [-0.1, -0.05) is 24.3 Å². The maximum Gasteiger partial charge on any atom is 0.237 e. The van der Waals surface area contributed by atoms with Gasteiger partial charge in [-0.2, -0.15) is 0 Å². The third-order valence-electron chi connectivity index (χ3n) is 6.48. The summed E-state index contributed by atoms with van der Waals surface area (Å²) in [5, 5.41) is 9.47. The van der Waals surface area contributed by atoms with E-state index in [2.05, 4.69) is 20.9 Å². The highest BCUT2D eigenvalue weighted by Gasteiger charge is 2.43. The predicted molar refractivity (Wildman–Crippen MR) is 123 cm³/mol. The number of amides is 2. The molecule has 176 valence electrons. The minimum absolute atomic E-state index is 0.0406. The number of rotatable bonds is 9. The molecule has 0 radical (unpaired) electrons. The van der Waals surface area contributed by atoms with Gasteiger partial charge < -0.3 is 20.7 Å². The SMILES string of the molecule is COc1ccc(CN[C@@H]2C[C@@H]3C(=O)NC[C@@H](CCC(=O)NCc4ccc(F)cc4)N3C2)cc1. The lowest BCUT2D eigenvalue weighted by Crippen LogP contribution is -2.58. The van der Waals surface area contributed by atoms with Crippen molar-refractivity contribution in [3.63, 3.8) is 0 Å². The average molecular weight is 455 g/mol. The van der Waals surface area contributed by atoms with Crippen molar-refractivity contribution in [2.24, 2.45) is 0 Å². The second-order valence-electron chi connectivity index (χ2n) is 8.72. The lowest BCUT2D eigenvalue weighted by Gasteiger charge is -2.37. The van der Waals surface area contributed by atoms with Gasteiger partial charge in [-0.15, -0.1) is 0 Å². The molecule has 8 heteroatoms. The highest BCUT2D eigenvalue weighted by atomic mass is 19.1. The minimum Gasteiger partial charge on any atom is -0.497 e. The Morgan fingerprint density at radius 3 is 2.55 bits per heavy atom. The largest absolute Gasteiger partial charge is 0.497 e. The summed E-state index contributed by atoms with van der Waals surface area (Å²) in [6.07, 6.45) is 1.82. The van der Waals surface area contributed by atoms with Gasteiger partial charge in [0, 0.05) is 44.7 Å². The number of methoxy groups -OCH3 is 1. The van der Waals surface area contributed by atoms with E-state index < -0.39 is 0 Å². The average Bonchev–Trinajstić information content (AvgIpc) is 3.28. The third-order valence-corrected chi connectivity index (χ3v) is 6.48. The quantitative estimate of drug-likeness (QED) is 0.540. The van der Waals surface area contributed by atoms with Crippen LogP contribution in [0.3, 0.4) is 0 Å². The van der Waals surface area contributed by atoms with Crippen LogP contribution in [0.2, 0.25) is 0 Å². The summed E-state index contributed by atoms with van der Waals surface area (Å²) < 4.78 is 18.2. The van der Waals surface area contributed by atoms with Crippen LogP contribution in [0.4, 0.5) is 4.39 Å². The lowest BCUT2D eigenvalue weighted by molar-refractivity contribution is -0.129. The molecule has 7 nitrogen and oxygen atoms in total. The summed E-state index contributed by atoms with van der Waals surface area (Å²) in [6.45, 7) is 2.46. The molecule has 0 unspecified atom stereocenters. The Labute approximate surface area is 193 Å². The lowest BCUT2D eigenvalue weighted by atomic mass is 10.0. The van der Waals surface area contributed by atoms with Gasteiger partial charge in [0.2, 0.25) is 11.8 Å². The van der Waals surface area contributed by atoms with E-state index in [0.29, 0.717) is 25.9 Å². The van der Waals surface area contributed by atoms with Crippen molar-refractivity contribution >= 4 is 11.8 Å². The van der Waals surface area contributed by atoms with E-state index in [-0.39, 0.29) is 35.8 Å². The molecule has 2 heterocycles. The number of carbonyl (C=O) groups is 2. The number of nitrogens with one attached hydrogen (secondary N) is 3. The Balaban J connectivity index is 1.25. The van der Waals surface area contributed by atoms with E-state index in [1.54, 1.807) is 19.2 Å². The normalized spacial score (nSPS) is 22.5. The van der Waals surface area contributed by atoms with E-state index >= 15 is 0 Å². The highest BCUT2D eigenvalue weighted by molar-refractivity contribution is 5.83. The zero-order chi connectivity index (χ0) is 23.2. The summed E-state index contributed by atoms with van der Waals surface area (Å²) in [5.41, 5.74) is 2.03. The van der Waals surface area contributed by atoms with E-state index in [1.165, 1.54) is 17.7 Å². The molecule has 3 atom stereocenters. The topological polar surface area (TPSA) is 82.7 Å². The number of piperazine rings is 1. The predicted octanol–water partition coefficient (Wildman–Crippen LogP) is 1.96. The first-order chi connectivity index (χ1) is 16.0. The molecule has 33 heavy (non-hydrogen) atoms. The number of fused-ring (bicyclic) bond motifs is 1. The maximum atomic E-state index is 13.0. The molecule has 0 spiro atoms. The molecule has 0 aromatic heterocycles. The van der Waals surface area contributed by atoms with Crippen LogP contribution in [0.25, 0.3) is 0 Å². The Hall–Kier alpha value is -2.97. The molecule has 0 bridgehead atoms. The van der Waals surface area contributed by atoms with E-state index in [4.69, 9.17) is 4.74 Å². The Bertz CT molecular complexity index is 951. The van der Waals surface area contributed by atoms with Crippen molar-refractivity contribution in [3.05, 3.63) is 65.5 Å². The molecule has 2 aliphatic rings. The van der Waals surface area contributed by atoms with Crippen molar-refractivity contribution in [2.45, 2.75) is 50.5 Å².